The second-order valence-electron chi connectivity index (χ2n) is 3.04. The van der Waals surface area contributed by atoms with Gasteiger partial charge < -0.3 is 0 Å². The van der Waals surface area contributed by atoms with Crippen LogP contribution in [0.5, 0.6) is 0 Å². The van der Waals surface area contributed by atoms with Crippen LogP contribution >= 0.6 is 0 Å². The molecule has 5 heteroatoms. The van der Waals surface area contributed by atoms with Crippen molar-refractivity contribution in [1.82, 2.24) is 10.7 Å². The Labute approximate surface area is 87.2 Å². The zero-order valence-electron chi connectivity index (χ0n) is 8.26. The monoisotopic (exact) mass is 206 g/mol. The molecule has 15 heavy (non-hydrogen) atoms. The fourth-order valence-electron chi connectivity index (χ4n) is 1.23. The van der Waals surface area contributed by atoms with E-state index in [0.717, 1.165) is 5.69 Å². The van der Waals surface area contributed by atoms with Crippen molar-refractivity contribution in [2.24, 2.45) is 5.10 Å². The minimum Gasteiger partial charge on any atom is -0.253 e. The highest BCUT2D eigenvalue weighted by Gasteiger charge is 2.12. The fraction of sp³-hybridized carbons (Fsp3) is 0.100. The van der Waals surface area contributed by atoms with E-state index in [2.05, 4.69) is 10.5 Å². The van der Waals surface area contributed by atoms with E-state index in [1.54, 1.807) is 12.1 Å². The Morgan fingerprint density at radius 3 is 2.73 bits per heavy atom. The molecule has 0 amide bonds. The third-order valence-electron chi connectivity index (χ3n) is 2.02. The van der Waals surface area contributed by atoms with Crippen LogP contribution in [0.15, 0.2) is 47.5 Å². The van der Waals surface area contributed by atoms with Crippen molar-refractivity contribution in [2.45, 2.75) is 0 Å². The number of hydrazine groups is 2. The predicted molar refractivity (Wildman–Crippen MR) is 57.5 cm³/mol. The Morgan fingerprint density at radius 1 is 1.33 bits per heavy atom. The molecule has 0 atom stereocenters. The van der Waals surface area contributed by atoms with Crippen LogP contribution in [0.1, 0.15) is 0 Å². The molecule has 0 aliphatic carbocycles. The van der Waals surface area contributed by atoms with Gasteiger partial charge in [-0.2, -0.15) is 4.39 Å². The number of para-hydroxylation sites is 1. The zero-order valence-corrected chi connectivity index (χ0v) is 8.26. The molecule has 0 fully saturated rings. The fourth-order valence-corrected chi connectivity index (χ4v) is 1.23. The molecule has 1 aromatic carbocycles. The van der Waals surface area contributed by atoms with E-state index in [9.17, 15) is 4.39 Å². The lowest BCUT2D eigenvalue weighted by atomic mass is 10.3. The Morgan fingerprint density at radius 2 is 2.07 bits per heavy atom. The summed E-state index contributed by atoms with van der Waals surface area (Å²) >= 11 is 0. The van der Waals surface area contributed by atoms with E-state index >= 15 is 0 Å². The standard InChI is InChI=1S/C10H11FN4/c1-14(9-5-3-2-4-6-9)15-12-8-7-10(11)13-15/h2-8,13H,1H3. The first-order chi connectivity index (χ1) is 7.27. The van der Waals surface area contributed by atoms with Gasteiger partial charge in [0.25, 0.3) is 0 Å². The summed E-state index contributed by atoms with van der Waals surface area (Å²) in [6.45, 7) is 0. The maximum atomic E-state index is 12.9. The van der Waals surface area contributed by atoms with Crippen LogP contribution < -0.4 is 10.4 Å². The molecule has 0 radical (unpaired) electrons. The van der Waals surface area contributed by atoms with Gasteiger partial charge in [-0.05, 0) is 12.1 Å². The second-order valence-corrected chi connectivity index (χ2v) is 3.04. The molecule has 0 aromatic heterocycles. The molecule has 0 unspecified atom stereocenters. The van der Waals surface area contributed by atoms with E-state index in [-0.39, 0.29) is 0 Å². The number of hydrogen-bond acceptors (Lipinski definition) is 4. The highest BCUT2D eigenvalue weighted by molar-refractivity contribution is 5.72. The topological polar surface area (TPSA) is 30.9 Å². The molecule has 0 bridgehead atoms. The number of hydrogen-bond donors (Lipinski definition) is 1. The molecule has 1 aliphatic heterocycles. The van der Waals surface area contributed by atoms with Gasteiger partial charge in [0.05, 0.1) is 11.9 Å². The van der Waals surface area contributed by atoms with Crippen LogP contribution in [0.3, 0.4) is 0 Å². The third-order valence-corrected chi connectivity index (χ3v) is 2.02. The minimum atomic E-state index is -0.437. The maximum Gasteiger partial charge on any atom is 0.210 e. The van der Waals surface area contributed by atoms with Gasteiger partial charge in [-0.15, -0.1) is 10.3 Å². The quantitative estimate of drug-likeness (QED) is 0.746. The van der Waals surface area contributed by atoms with E-state index in [4.69, 9.17) is 0 Å². The molecular weight excluding hydrogens is 195 g/mol. The summed E-state index contributed by atoms with van der Waals surface area (Å²) in [6.07, 6.45) is 2.65. The molecular formula is C10H11FN4. The molecule has 78 valence electrons. The van der Waals surface area contributed by atoms with Crippen molar-refractivity contribution in [3.8, 4) is 0 Å². The first-order valence-electron chi connectivity index (χ1n) is 4.52. The Kier molecular flexibility index (Phi) is 2.53. The molecule has 1 aliphatic rings. The SMILES string of the molecule is CN(c1ccccc1)N1N=CC=C(F)N1. The van der Waals surface area contributed by atoms with E-state index in [1.807, 2.05) is 30.3 Å². The Bertz CT molecular complexity index is 388. The second kappa shape index (κ2) is 4.00. The van der Waals surface area contributed by atoms with E-state index in [0.29, 0.717) is 0 Å². The van der Waals surface area contributed by atoms with Gasteiger partial charge in [0.1, 0.15) is 0 Å². The van der Waals surface area contributed by atoms with E-state index in [1.165, 1.54) is 17.5 Å². The number of halogens is 1. The van der Waals surface area contributed by atoms with Crippen molar-refractivity contribution in [3.05, 3.63) is 42.4 Å². The van der Waals surface area contributed by atoms with Gasteiger partial charge in [0.2, 0.25) is 5.95 Å². The number of anilines is 1. The van der Waals surface area contributed by atoms with Gasteiger partial charge in [-0.3, -0.25) is 5.01 Å². The maximum absolute atomic E-state index is 12.9. The normalized spacial score (nSPS) is 14.5. The lowest BCUT2D eigenvalue weighted by Crippen LogP contribution is -2.45. The average molecular weight is 206 g/mol. The Balaban J connectivity index is 2.13. The smallest absolute Gasteiger partial charge is 0.210 e. The molecule has 1 N–H and O–H groups in total. The van der Waals surface area contributed by atoms with Crippen molar-refractivity contribution in [3.63, 3.8) is 0 Å². The van der Waals surface area contributed by atoms with Crippen LogP contribution in [0.2, 0.25) is 0 Å². The number of rotatable bonds is 2. The summed E-state index contributed by atoms with van der Waals surface area (Å²) in [6, 6.07) is 9.56. The van der Waals surface area contributed by atoms with Crippen molar-refractivity contribution < 1.29 is 4.39 Å². The summed E-state index contributed by atoms with van der Waals surface area (Å²) in [7, 11) is 1.79. The first kappa shape index (κ1) is 9.51. The van der Waals surface area contributed by atoms with Crippen LogP contribution in [-0.2, 0) is 0 Å². The number of nitrogens with zero attached hydrogens (tertiary/aromatic N) is 3. The van der Waals surface area contributed by atoms with Crippen LogP contribution in [0.4, 0.5) is 10.1 Å². The summed E-state index contributed by atoms with van der Waals surface area (Å²) in [5.41, 5.74) is 3.38. The molecule has 4 nitrogen and oxygen atoms in total. The summed E-state index contributed by atoms with van der Waals surface area (Å²) in [5.74, 6) is -0.437. The van der Waals surface area contributed by atoms with Gasteiger partial charge in [-0.25, -0.2) is 5.43 Å². The van der Waals surface area contributed by atoms with Gasteiger partial charge >= 0.3 is 0 Å². The summed E-state index contributed by atoms with van der Waals surface area (Å²) in [5, 5.41) is 6.98. The van der Waals surface area contributed by atoms with Crippen molar-refractivity contribution in [1.29, 1.82) is 0 Å². The highest BCUT2D eigenvalue weighted by Crippen LogP contribution is 2.14. The number of benzene rings is 1. The van der Waals surface area contributed by atoms with Crippen molar-refractivity contribution >= 4 is 11.9 Å². The lowest BCUT2D eigenvalue weighted by molar-refractivity contribution is 0.186. The highest BCUT2D eigenvalue weighted by atomic mass is 19.1. The third kappa shape index (κ3) is 2.07. The molecule has 0 saturated carbocycles. The van der Waals surface area contributed by atoms with Gasteiger partial charge in [0, 0.05) is 13.1 Å². The predicted octanol–water partition coefficient (Wildman–Crippen LogP) is 1.65. The molecule has 2 rings (SSSR count). The molecule has 0 saturated heterocycles. The molecule has 0 spiro atoms. The minimum absolute atomic E-state index is 0.437. The zero-order chi connectivity index (χ0) is 10.7. The number of hydrazone groups is 1. The number of nitrogens with one attached hydrogen (secondary N) is 1. The largest absolute Gasteiger partial charge is 0.253 e. The average Bonchev–Trinajstić information content (AvgIpc) is 2.29. The summed E-state index contributed by atoms with van der Waals surface area (Å²) < 4.78 is 12.9. The van der Waals surface area contributed by atoms with Gasteiger partial charge in [-0.1, -0.05) is 18.2 Å². The molecule has 1 aromatic rings. The van der Waals surface area contributed by atoms with Gasteiger partial charge in [0.15, 0.2) is 0 Å². The van der Waals surface area contributed by atoms with Crippen LogP contribution in [-0.4, -0.2) is 18.5 Å². The molecule has 1 heterocycles. The summed E-state index contributed by atoms with van der Waals surface area (Å²) in [4.78, 5) is 0. The van der Waals surface area contributed by atoms with Crippen molar-refractivity contribution in [2.75, 3.05) is 12.1 Å². The Hall–Kier alpha value is -2.04. The first-order valence-corrected chi connectivity index (χ1v) is 4.52. The van der Waals surface area contributed by atoms with E-state index < -0.39 is 5.95 Å². The van der Waals surface area contributed by atoms with Crippen LogP contribution in [0.25, 0.3) is 0 Å². The lowest BCUT2D eigenvalue weighted by Gasteiger charge is -2.31. The number of allylic oxidation sites excluding steroid dienone is 1. The van der Waals surface area contributed by atoms with Crippen LogP contribution in [0, 0.1) is 0 Å².